The van der Waals surface area contributed by atoms with Gasteiger partial charge in [0.25, 0.3) is 0 Å². The fraction of sp³-hybridized carbons (Fsp3) is 0.429. The Morgan fingerprint density at radius 2 is 2.27 bits per heavy atom. The van der Waals surface area contributed by atoms with Gasteiger partial charge in [-0.2, -0.15) is 0 Å². The molecule has 0 radical (unpaired) electrons. The average Bonchev–Trinajstić information content (AvgIpc) is 2.34. The van der Waals surface area contributed by atoms with Gasteiger partial charge in [-0.1, -0.05) is 0 Å². The van der Waals surface area contributed by atoms with Crippen LogP contribution in [0.5, 0.6) is 0 Å². The van der Waals surface area contributed by atoms with Crippen LogP contribution in [0.1, 0.15) is 19.5 Å². The van der Waals surface area contributed by atoms with E-state index in [9.17, 15) is 0 Å². The van der Waals surface area contributed by atoms with E-state index in [-0.39, 0.29) is 5.54 Å². The summed E-state index contributed by atoms with van der Waals surface area (Å²) in [7, 11) is 0. The Kier molecular flexibility index (Phi) is 1.07. The van der Waals surface area contributed by atoms with E-state index < -0.39 is 0 Å². The second-order valence-electron chi connectivity index (χ2n) is 3.13. The van der Waals surface area contributed by atoms with Crippen LogP contribution in [0, 0.1) is 0 Å². The molecular weight excluding hydrogens is 140 g/mol. The molecule has 1 aliphatic heterocycles. The average molecular weight is 150 g/mol. The van der Waals surface area contributed by atoms with Gasteiger partial charge >= 0.3 is 0 Å². The third kappa shape index (κ3) is 0.824. The monoisotopic (exact) mass is 150 g/mol. The molecular formula is C7H10N4. The first kappa shape index (κ1) is 6.39. The molecule has 2 rings (SSSR count). The first-order valence-electron chi connectivity index (χ1n) is 3.54. The van der Waals surface area contributed by atoms with Crippen LogP contribution in [0.3, 0.4) is 0 Å². The number of imidazole rings is 1. The summed E-state index contributed by atoms with van der Waals surface area (Å²) >= 11 is 0. The van der Waals surface area contributed by atoms with Crippen LogP contribution in [-0.4, -0.2) is 16.3 Å². The van der Waals surface area contributed by atoms with Crippen LogP contribution in [0.25, 0.3) is 0 Å². The van der Waals surface area contributed by atoms with E-state index in [2.05, 4.69) is 34.1 Å². The highest BCUT2D eigenvalue weighted by atomic mass is 15.1. The maximum atomic E-state index is 4.18. The standard InChI is InChI=1S/C7H10N4/c1-7(2)5-6(9-3-8-5)10-4-11-7/h3-4H,1-2H3,(H,8,9)(H,10,11). The van der Waals surface area contributed by atoms with Crippen LogP contribution in [-0.2, 0) is 5.54 Å². The summed E-state index contributed by atoms with van der Waals surface area (Å²) in [6, 6.07) is 0. The van der Waals surface area contributed by atoms with Crippen LogP contribution in [0.4, 0.5) is 5.82 Å². The Bertz CT molecular complexity index is 297. The lowest BCUT2D eigenvalue weighted by atomic mass is 10.0. The van der Waals surface area contributed by atoms with Crippen molar-refractivity contribution in [2.24, 2.45) is 4.99 Å². The van der Waals surface area contributed by atoms with Gasteiger partial charge in [0.05, 0.1) is 18.2 Å². The minimum atomic E-state index is -0.100. The van der Waals surface area contributed by atoms with Crippen LogP contribution < -0.4 is 5.32 Å². The summed E-state index contributed by atoms with van der Waals surface area (Å²) in [6.45, 7) is 4.13. The second-order valence-corrected chi connectivity index (χ2v) is 3.13. The van der Waals surface area contributed by atoms with Gasteiger partial charge < -0.3 is 10.3 Å². The molecule has 0 aromatic carbocycles. The summed E-state index contributed by atoms with van der Waals surface area (Å²) in [5.74, 6) is 0.855. The lowest BCUT2D eigenvalue weighted by molar-refractivity contribution is 0.473. The van der Waals surface area contributed by atoms with E-state index in [0.29, 0.717) is 0 Å². The van der Waals surface area contributed by atoms with E-state index in [1.807, 2.05) is 0 Å². The summed E-state index contributed by atoms with van der Waals surface area (Å²) < 4.78 is 0. The number of nitrogens with one attached hydrogen (secondary N) is 2. The summed E-state index contributed by atoms with van der Waals surface area (Å²) in [5, 5.41) is 3.13. The molecule has 11 heavy (non-hydrogen) atoms. The van der Waals surface area contributed by atoms with Crippen molar-refractivity contribution in [3.63, 3.8) is 0 Å². The van der Waals surface area contributed by atoms with Gasteiger partial charge in [0.1, 0.15) is 5.69 Å². The van der Waals surface area contributed by atoms with Crippen molar-refractivity contribution in [3.8, 4) is 0 Å². The third-order valence-corrected chi connectivity index (χ3v) is 1.83. The molecule has 58 valence electrons. The lowest BCUT2D eigenvalue weighted by Gasteiger charge is -2.25. The molecule has 0 spiro atoms. The van der Waals surface area contributed by atoms with E-state index in [1.54, 1.807) is 12.7 Å². The first-order valence-corrected chi connectivity index (χ1v) is 3.54. The van der Waals surface area contributed by atoms with Crippen molar-refractivity contribution in [1.82, 2.24) is 15.3 Å². The van der Waals surface area contributed by atoms with Gasteiger partial charge in [-0.15, -0.1) is 0 Å². The van der Waals surface area contributed by atoms with E-state index in [4.69, 9.17) is 0 Å². The minimum absolute atomic E-state index is 0.100. The summed E-state index contributed by atoms with van der Waals surface area (Å²) in [5.41, 5.74) is 0.872. The van der Waals surface area contributed by atoms with Crippen molar-refractivity contribution in [1.29, 1.82) is 0 Å². The molecule has 1 aromatic rings. The van der Waals surface area contributed by atoms with Gasteiger partial charge in [-0.25, -0.2) is 9.98 Å². The molecule has 0 fully saturated rings. The van der Waals surface area contributed by atoms with Crippen molar-refractivity contribution in [3.05, 3.63) is 12.0 Å². The molecule has 0 amide bonds. The van der Waals surface area contributed by atoms with Crippen molar-refractivity contribution >= 4 is 12.2 Å². The number of aliphatic imine (C=N–C) groups is 1. The van der Waals surface area contributed by atoms with Crippen molar-refractivity contribution < 1.29 is 0 Å². The number of fused-ring (bicyclic) bond motifs is 1. The number of H-pyrrole nitrogens is 1. The summed E-state index contributed by atoms with van der Waals surface area (Å²) in [4.78, 5) is 11.2. The fourth-order valence-corrected chi connectivity index (χ4v) is 1.17. The fourth-order valence-electron chi connectivity index (χ4n) is 1.17. The lowest BCUT2D eigenvalue weighted by Crippen LogP contribution is -2.37. The molecule has 0 atom stereocenters. The molecule has 0 bridgehead atoms. The normalized spacial score (nSPS) is 19.1. The number of hydrogen-bond donors (Lipinski definition) is 2. The second kappa shape index (κ2) is 1.84. The summed E-state index contributed by atoms with van der Waals surface area (Å²) in [6.07, 6.45) is 3.36. The number of nitrogens with zero attached hydrogens (tertiary/aromatic N) is 2. The zero-order valence-electron chi connectivity index (χ0n) is 6.55. The molecule has 1 aliphatic rings. The molecule has 4 nitrogen and oxygen atoms in total. The smallest absolute Gasteiger partial charge is 0.157 e. The SMILES string of the molecule is CC1(C)NC=Nc2[nH]cnc21. The minimum Gasteiger partial charge on any atom is -0.365 e. The van der Waals surface area contributed by atoms with E-state index >= 15 is 0 Å². The van der Waals surface area contributed by atoms with Crippen molar-refractivity contribution in [2.75, 3.05) is 0 Å². The number of aromatic amines is 1. The van der Waals surface area contributed by atoms with Gasteiger partial charge in [0.15, 0.2) is 5.82 Å². The topological polar surface area (TPSA) is 53.1 Å². The number of rotatable bonds is 0. The molecule has 2 heterocycles. The van der Waals surface area contributed by atoms with E-state index in [1.165, 1.54) is 0 Å². The molecule has 0 aliphatic carbocycles. The Morgan fingerprint density at radius 3 is 3.00 bits per heavy atom. The molecule has 0 saturated heterocycles. The molecule has 2 N–H and O–H groups in total. The highest BCUT2D eigenvalue weighted by Crippen LogP contribution is 2.27. The van der Waals surface area contributed by atoms with Crippen LogP contribution in [0.2, 0.25) is 0 Å². The molecule has 4 heteroatoms. The van der Waals surface area contributed by atoms with Crippen LogP contribution >= 0.6 is 0 Å². The Hall–Kier alpha value is -1.32. The van der Waals surface area contributed by atoms with Gasteiger partial charge in [0.2, 0.25) is 0 Å². The van der Waals surface area contributed by atoms with Gasteiger partial charge in [-0.3, -0.25) is 0 Å². The third-order valence-electron chi connectivity index (χ3n) is 1.83. The first-order chi connectivity index (χ1) is 5.20. The Balaban J connectivity index is 2.58. The van der Waals surface area contributed by atoms with Gasteiger partial charge in [0, 0.05) is 0 Å². The number of aromatic nitrogens is 2. The highest BCUT2D eigenvalue weighted by Gasteiger charge is 2.27. The quantitative estimate of drug-likeness (QED) is 0.577. The highest BCUT2D eigenvalue weighted by molar-refractivity contribution is 5.65. The molecule has 0 unspecified atom stereocenters. The van der Waals surface area contributed by atoms with Gasteiger partial charge in [-0.05, 0) is 13.8 Å². The zero-order valence-corrected chi connectivity index (χ0v) is 6.55. The molecule has 0 saturated carbocycles. The predicted molar refractivity (Wildman–Crippen MR) is 42.9 cm³/mol. The Labute approximate surface area is 64.8 Å². The predicted octanol–water partition coefficient (Wildman–Crippen LogP) is 0.908. The number of hydrogen-bond acceptors (Lipinski definition) is 3. The molecule has 1 aromatic heterocycles. The maximum Gasteiger partial charge on any atom is 0.157 e. The van der Waals surface area contributed by atoms with Crippen molar-refractivity contribution in [2.45, 2.75) is 19.4 Å². The van der Waals surface area contributed by atoms with Crippen LogP contribution in [0.15, 0.2) is 11.3 Å². The largest absolute Gasteiger partial charge is 0.365 e. The maximum absolute atomic E-state index is 4.18. The Morgan fingerprint density at radius 1 is 1.45 bits per heavy atom. The van der Waals surface area contributed by atoms with E-state index in [0.717, 1.165) is 11.5 Å². The zero-order chi connectivity index (χ0) is 7.90.